The molecule has 0 aromatic carbocycles. The Hall–Kier alpha value is -2.51. The van der Waals surface area contributed by atoms with Gasteiger partial charge < -0.3 is 10.1 Å². The summed E-state index contributed by atoms with van der Waals surface area (Å²) in [5, 5.41) is 2.81. The standard InChI is InChI=1S/C17H12BrClN4O2/c18-12-8-13(15(19)22-9-12)17(24)23-16-14(2-1-5-21-16)25-10-11-3-6-20-7-4-11/h1-9H,10H2,(H,21,23,24). The fraction of sp³-hybridized carbons (Fsp3) is 0.0588. The first kappa shape index (κ1) is 17.3. The molecule has 0 unspecified atom stereocenters. The monoisotopic (exact) mass is 418 g/mol. The lowest BCUT2D eigenvalue weighted by Gasteiger charge is -2.12. The van der Waals surface area contributed by atoms with E-state index in [-0.39, 0.29) is 10.7 Å². The van der Waals surface area contributed by atoms with Gasteiger partial charge in [-0.15, -0.1) is 0 Å². The predicted octanol–water partition coefficient (Wildman–Crippen LogP) is 4.12. The number of amides is 1. The van der Waals surface area contributed by atoms with E-state index in [4.69, 9.17) is 16.3 Å². The van der Waals surface area contributed by atoms with Crippen molar-refractivity contribution in [3.63, 3.8) is 0 Å². The van der Waals surface area contributed by atoms with Crippen LogP contribution in [0.1, 0.15) is 15.9 Å². The molecule has 0 aliphatic heterocycles. The molecule has 3 heterocycles. The molecule has 0 aliphatic carbocycles. The zero-order valence-corrected chi connectivity index (χ0v) is 15.2. The van der Waals surface area contributed by atoms with Crippen molar-refractivity contribution < 1.29 is 9.53 Å². The number of aromatic nitrogens is 3. The van der Waals surface area contributed by atoms with Gasteiger partial charge in [-0.3, -0.25) is 9.78 Å². The Morgan fingerprint density at radius 1 is 1.20 bits per heavy atom. The van der Waals surface area contributed by atoms with E-state index in [9.17, 15) is 4.79 Å². The van der Waals surface area contributed by atoms with Crippen molar-refractivity contribution in [1.82, 2.24) is 15.0 Å². The third-order valence-corrected chi connectivity index (χ3v) is 3.93. The number of ether oxygens (including phenoxy) is 1. The molecule has 25 heavy (non-hydrogen) atoms. The van der Waals surface area contributed by atoms with Crippen LogP contribution in [-0.4, -0.2) is 20.9 Å². The largest absolute Gasteiger partial charge is 0.485 e. The number of hydrogen-bond donors (Lipinski definition) is 1. The molecule has 3 aromatic heterocycles. The summed E-state index contributed by atoms with van der Waals surface area (Å²) in [6.45, 7) is 0.330. The van der Waals surface area contributed by atoms with Gasteiger partial charge in [0.25, 0.3) is 5.91 Å². The van der Waals surface area contributed by atoms with E-state index in [2.05, 4.69) is 36.2 Å². The number of nitrogens with one attached hydrogen (secondary N) is 1. The van der Waals surface area contributed by atoms with Gasteiger partial charge >= 0.3 is 0 Å². The number of hydrogen-bond acceptors (Lipinski definition) is 5. The van der Waals surface area contributed by atoms with Crippen LogP contribution in [0.4, 0.5) is 5.82 Å². The summed E-state index contributed by atoms with van der Waals surface area (Å²) in [6, 6.07) is 8.74. The van der Waals surface area contributed by atoms with E-state index in [0.29, 0.717) is 22.6 Å². The van der Waals surface area contributed by atoms with Gasteiger partial charge in [-0.2, -0.15) is 0 Å². The van der Waals surface area contributed by atoms with Crippen LogP contribution < -0.4 is 10.1 Å². The van der Waals surface area contributed by atoms with Crippen LogP contribution in [0.25, 0.3) is 0 Å². The highest BCUT2D eigenvalue weighted by atomic mass is 79.9. The maximum Gasteiger partial charge on any atom is 0.260 e. The summed E-state index contributed by atoms with van der Waals surface area (Å²) in [5.41, 5.74) is 1.19. The van der Waals surface area contributed by atoms with Gasteiger partial charge in [0.05, 0.1) is 5.56 Å². The molecule has 0 atom stereocenters. The molecule has 6 nitrogen and oxygen atoms in total. The van der Waals surface area contributed by atoms with E-state index in [1.165, 1.54) is 6.20 Å². The Morgan fingerprint density at radius 2 is 2.00 bits per heavy atom. The quantitative estimate of drug-likeness (QED) is 0.630. The van der Waals surface area contributed by atoms with Crippen molar-refractivity contribution in [2.24, 2.45) is 0 Å². The summed E-state index contributed by atoms with van der Waals surface area (Å²) < 4.78 is 6.40. The molecule has 1 amide bonds. The number of nitrogens with zero attached hydrogens (tertiary/aromatic N) is 3. The van der Waals surface area contributed by atoms with Crippen LogP contribution in [0.3, 0.4) is 0 Å². The van der Waals surface area contributed by atoms with E-state index < -0.39 is 5.91 Å². The van der Waals surface area contributed by atoms with Crippen LogP contribution in [0.2, 0.25) is 5.15 Å². The average molecular weight is 420 g/mol. The molecular formula is C17H12BrClN4O2. The Labute approximate surface area is 157 Å². The smallest absolute Gasteiger partial charge is 0.260 e. The van der Waals surface area contributed by atoms with E-state index in [1.54, 1.807) is 36.8 Å². The SMILES string of the molecule is O=C(Nc1ncccc1OCc1ccncc1)c1cc(Br)cnc1Cl. The first-order valence-corrected chi connectivity index (χ1v) is 8.39. The zero-order valence-electron chi connectivity index (χ0n) is 12.8. The molecule has 3 aromatic rings. The van der Waals surface area contributed by atoms with Gasteiger partial charge in [-0.25, -0.2) is 9.97 Å². The summed E-state index contributed by atoms with van der Waals surface area (Å²) in [5.74, 6) is 0.329. The molecule has 0 spiro atoms. The molecule has 0 aliphatic rings. The highest BCUT2D eigenvalue weighted by Gasteiger charge is 2.15. The Balaban J connectivity index is 1.76. The van der Waals surface area contributed by atoms with Gasteiger partial charge in [-0.05, 0) is 51.8 Å². The van der Waals surface area contributed by atoms with E-state index >= 15 is 0 Å². The van der Waals surface area contributed by atoms with Gasteiger partial charge in [0.15, 0.2) is 11.6 Å². The van der Waals surface area contributed by atoms with Crippen molar-refractivity contribution in [1.29, 1.82) is 0 Å². The fourth-order valence-electron chi connectivity index (χ4n) is 2.00. The molecule has 0 saturated carbocycles. The maximum absolute atomic E-state index is 12.5. The molecule has 0 saturated heterocycles. The lowest BCUT2D eigenvalue weighted by atomic mass is 10.2. The lowest BCUT2D eigenvalue weighted by molar-refractivity contribution is 0.102. The minimum absolute atomic E-state index is 0.107. The average Bonchev–Trinajstić information content (AvgIpc) is 2.64. The van der Waals surface area contributed by atoms with Crippen molar-refractivity contribution in [2.45, 2.75) is 6.61 Å². The zero-order chi connectivity index (χ0) is 17.6. The number of halogens is 2. The first-order valence-electron chi connectivity index (χ1n) is 7.22. The Kier molecular flexibility index (Phi) is 5.57. The topological polar surface area (TPSA) is 77.0 Å². The van der Waals surface area contributed by atoms with Crippen LogP contribution >= 0.6 is 27.5 Å². The molecule has 0 radical (unpaired) electrons. The molecule has 126 valence electrons. The van der Waals surface area contributed by atoms with Gasteiger partial charge in [0, 0.05) is 29.3 Å². The molecule has 0 fully saturated rings. The normalized spacial score (nSPS) is 10.3. The second-order valence-corrected chi connectivity index (χ2v) is 6.21. The molecule has 8 heteroatoms. The summed E-state index contributed by atoms with van der Waals surface area (Å²) in [4.78, 5) is 24.5. The van der Waals surface area contributed by atoms with Gasteiger partial charge in [0.2, 0.25) is 0 Å². The Bertz CT molecular complexity index is 893. The summed E-state index contributed by atoms with van der Waals surface area (Å²) >= 11 is 9.26. The van der Waals surface area contributed by atoms with Gasteiger partial charge in [0.1, 0.15) is 11.8 Å². The predicted molar refractivity (Wildman–Crippen MR) is 97.7 cm³/mol. The van der Waals surface area contributed by atoms with Crippen molar-refractivity contribution in [3.8, 4) is 5.75 Å². The second-order valence-electron chi connectivity index (χ2n) is 4.94. The number of carbonyl (C=O) groups is 1. The number of anilines is 1. The van der Waals surface area contributed by atoms with Crippen LogP contribution in [0.5, 0.6) is 5.75 Å². The van der Waals surface area contributed by atoms with Crippen molar-refractivity contribution in [3.05, 3.63) is 75.9 Å². The third-order valence-electron chi connectivity index (χ3n) is 3.20. The Morgan fingerprint density at radius 3 is 2.80 bits per heavy atom. The molecule has 3 rings (SSSR count). The van der Waals surface area contributed by atoms with E-state index in [0.717, 1.165) is 5.56 Å². The highest BCUT2D eigenvalue weighted by molar-refractivity contribution is 9.10. The minimum Gasteiger partial charge on any atom is -0.485 e. The van der Waals surface area contributed by atoms with Crippen LogP contribution in [0.15, 0.2) is 59.6 Å². The lowest BCUT2D eigenvalue weighted by Crippen LogP contribution is -2.15. The number of carbonyl (C=O) groups excluding carboxylic acids is 1. The molecule has 0 bridgehead atoms. The van der Waals surface area contributed by atoms with Crippen LogP contribution in [0, 0.1) is 0 Å². The first-order chi connectivity index (χ1) is 12.1. The van der Waals surface area contributed by atoms with Crippen LogP contribution in [-0.2, 0) is 6.61 Å². The molecular weight excluding hydrogens is 408 g/mol. The van der Waals surface area contributed by atoms with E-state index in [1.807, 2.05) is 12.1 Å². The van der Waals surface area contributed by atoms with Gasteiger partial charge in [-0.1, -0.05) is 11.6 Å². The second kappa shape index (κ2) is 8.04. The van der Waals surface area contributed by atoms with Crippen molar-refractivity contribution >= 4 is 39.3 Å². The highest BCUT2D eigenvalue weighted by Crippen LogP contribution is 2.24. The summed E-state index contributed by atoms with van der Waals surface area (Å²) in [7, 11) is 0. The minimum atomic E-state index is -0.425. The number of rotatable bonds is 5. The molecule has 1 N–H and O–H groups in total. The third kappa shape index (κ3) is 4.52. The summed E-state index contributed by atoms with van der Waals surface area (Å²) in [6.07, 6.45) is 6.46. The maximum atomic E-state index is 12.5. The fourth-order valence-corrected chi connectivity index (χ4v) is 2.52. The van der Waals surface area contributed by atoms with Crippen molar-refractivity contribution in [2.75, 3.05) is 5.32 Å². The number of pyridine rings is 3.